The number of benzene rings is 1. The molecule has 30 heavy (non-hydrogen) atoms. The van der Waals surface area contributed by atoms with E-state index in [0.717, 1.165) is 56.9 Å². The summed E-state index contributed by atoms with van der Waals surface area (Å²) in [5, 5.41) is 3.51. The van der Waals surface area contributed by atoms with Crippen molar-refractivity contribution >= 4 is 27.4 Å². The Morgan fingerprint density at radius 2 is 1.83 bits per heavy atom. The highest BCUT2D eigenvalue weighted by Crippen LogP contribution is 2.39. The van der Waals surface area contributed by atoms with Crippen LogP contribution in [0, 0.1) is 5.92 Å². The topological polar surface area (TPSA) is 70.9 Å². The highest BCUT2D eigenvalue weighted by molar-refractivity contribution is 9.10. The molecule has 0 spiro atoms. The summed E-state index contributed by atoms with van der Waals surface area (Å²) >= 11 is 3.56. The lowest BCUT2D eigenvalue weighted by atomic mass is 9.85. The summed E-state index contributed by atoms with van der Waals surface area (Å²) in [4.78, 5) is 17.3. The van der Waals surface area contributed by atoms with Crippen LogP contribution in [0.1, 0.15) is 43.8 Å². The summed E-state index contributed by atoms with van der Waals surface area (Å²) in [5.74, 6) is 3.35. The lowest BCUT2D eigenvalue weighted by Crippen LogP contribution is -2.21. The third-order valence-corrected chi connectivity index (χ3v) is 6.68. The first-order valence-electron chi connectivity index (χ1n) is 10.7. The van der Waals surface area contributed by atoms with Crippen molar-refractivity contribution in [1.82, 2.24) is 24.3 Å². The maximum atomic E-state index is 4.67. The second-order valence-electron chi connectivity index (χ2n) is 8.46. The molecule has 2 fully saturated rings. The number of anilines is 1. The molecule has 1 aromatic carbocycles. The molecule has 2 aliphatic rings. The number of aromatic nitrogens is 5. The van der Waals surface area contributed by atoms with E-state index in [-0.39, 0.29) is 0 Å². The number of nitrogens with one attached hydrogen (secondary N) is 2. The van der Waals surface area contributed by atoms with Gasteiger partial charge < -0.3 is 10.3 Å². The minimum absolute atomic E-state index is 0.635. The van der Waals surface area contributed by atoms with E-state index >= 15 is 0 Å². The van der Waals surface area contributed by atoms with Crippen molar-refractivity contribution in [2.24, 2.45) is 5.92 Å². The number of halogens is 1. The van der Waals surface area contributed by atoms with Gasteiger partial charge in [-0.2, -0.15) is 0 Å². The Labute approximate surface area is 183 Å². The Morgan fingerprint density at radius 1 is 1.03 bits per heavy atom. The second kappa shape index (κ2) is 7.23. The van der Waals surface area contributed by atoms with Gasteiger partial charge in [-0.15, -0.1) is 0 Å². The van der Waals surface area contributed by atoms with Crippen molar-refractivity contribution in [3.63, 3.8) is 0 Å². The number of imidazole rings is 2. The van der Waals surface area contributed by atoms with Crippen LogP contribution in [0.15, 0.2) is 47.5 Å². The highest BCUT2D eigenvalue weighted by Gasteiger charge is 2.26. The van der Waals surface area contributed by atoms with Gasteiger partial charge in [0.05, 0.1) is 23.8 Å². The predicted octanol–water partition coefficient (Wildman–Crippen LogP) is 5.64. The fourth-order valence-corrected chi connectivity index (χ4v) is 4.48. The number of aromatic amines is 1. The van der Waals surface area contributed by atoms with Crippen LogP contribution >= 0.6 is 15.9 Å². The monoisotopic (exact) mass is 462 g/mol. The van der Waals surface area contributed by atoms with Crippen molar-refractivity contribution in [2.45, 2.75) is 38.0 Å². The van der Waals surface area contributed by atoms with Crippen molar-refractivity contribution in [2.75, 3.05) is 11.9 Å². The first-order chi connectivity index (χ1) is 14.7. The Hall–Kier alpha value is -2.67. The molecule has 152 valence electrons. The zero-order chi connectivity index (χ0) is 20.1. The van der Waals surface area contributed by atoms with E-state index in [0.29, 0.717) is 5.92 Å². The van der Waals surface area contributed by atoms with Crippen LogP contribution in [-0.4, -0.2) is 30.9 Å². The molecule has 2 N–H and O–H groups in total. The number of fused-ring (bicyclic) bond motifs is 1. The summed E-state index contributed by atoms with van der Waals surface area (Å²) < 4.78 is 2.91. The summed E-state index contributed by atoms with van der Waals surface area (Å²) in [7, 11) is 0. The molecule has 7 heteroatoms. The maximum Gasteiger partial charge on any atom is 0.180 e. The largest absolute Gasteiger partial charge is 0.367 e. The molecule has 0 bridgehead atoms. The number of hydrogen-bond donors (Lipinski definition) is 2. The van der Waals surface area contributed by atoms with E-state index in [2.05, 4.69) is 69.8 Å². The van der Waals surface area contributed by atoms with Crippen LogP contribution in [0.4, 0.5) is 5.82 Å². The number of H-pyrrole nitrogens is 1. The quantitative estimate of drug-likeness (QED) is 0.388. The first-order valence-corrected chi connectivity index (χ1v) is 11.5. The zero-order valence-corrected chi connectivity index (χ0v) is 18.2. The van der Waals surface area contributed by atoms with Gasteiger partial charge in [-0.1, -0.05) is 30.7 Å². The van der Waals surface area contributed by atoms with Gasteiger partial charge in [0.1, 0.15) is 10.4 Å². The SMILES string of the molecule is Brc1cn2c(-c3ccc(-c4cnc(C5CC5)[nH]4)cc3)cnc2c(NCC2CCC2)n1. The third-order valence-electron chi connectivity index (χ3n) is 6.30. The summed E-state index contributed by atoms with van der Waals surface area (Å²) in [6, 6.07) is 8.58. The van der Waals surface area contributed by atoms with E-state index in [9.17, 15) is 0 Å². The van der Waals surface area contributed by atoms with Gasteiger partial charge in [-0.05, 0) is 53.1 Å². The summed E-state index contributed by atoms with van der Waals surface area (Å²) in [6.07, 6.45) is 12.3. The Bertz CT molecular complexity index is 1200. The van der Waals surface area contributed by atoms with Crippen LogP contribution in [0.2, 0.25) is 0 Å². The normalized spacial score (nSPS) is 16.7. The summed E-state index contributed by atoms with van der Waals surface area (Å²) in [5.41, 5.74) is 5.26. The number of rotatable bonds is 6. The second-order valence-corrected chi connectivity index (χ2v) is 9.27. The Kier molecular flexibility index (Phi) is 4.37. The van der Waals surface area contributed by atoms with E-state index in [1.54, 1.807) is 0 Å². The van der Waals surface area contributed by atoms with Gasteiger partial charge in [-0.3, -0.25) is 4.40 Å². The van der Waals surface area contributed by atoms with Gasteiger partial charge in [0.25, 0.3) is 0 Å². The van der Waals surface area contributed by atoms with Crippen LogP contribution in [-0.2, 0) is 0 Å². The average Bonchev–Trinajstić information content (AvgIpc) is 3.29. The molecule has 6 nitrogen and oxygen atoms in total. The molecule has 0 atom stereocenters. The molecule has 2 saturated carbocycles. The number of nitrogens with zero attached hydrogens (tertiary/aromatic N) is 4. The molecular formula is C23H23BrN6. The van der Waals surface area contributed by atoms with Gasteiger partial charge in [0.2, 0.25) is 0 Å². The summed E-state index contributed by atoms with van der Waals surface area (Å²) in [6.45, 7) is 0.961. The fourth-order valence-electron chi connectivity index (χ4n) is 4.10. The Morgan fingerprint density at radius 3 is 2.57 bits per heavy atom. The molecule has 0 amide bonds. The molecule has 0 saturated heterocycles. The van der Waals surface area contributed by atoms with E-state index in [4.69, 9.17) is 0 Å². The molecule has 0 unspecified atom stereocenters. The molecule has 4 aromatic rings. The molecule has 0 radical (unpaired) electrons. The zero-order valence-electron chi connectivity index (χ0n) is 16.6. The number of hydrogen-bond acceptors (Lipinski definition) is 4. The molecule has 6 rings (SSSR count). The van der Waals surface area contributed by atoms with Crippen molar-refractivity contribution in [1.29, 1.82) is 0 Å². The van der Waals surface area contributed by atoms with Gasteiger partial charge in [0, 0.05) is 24.2 Å². The molecule has 3 aromatic heterocycles. The Balaban J connectivity index is 1.30. The molecule has 0 aliphatic heterocycles. The lowest BCUT2D eigenvalue weighted by Gasteiger charge is -2.25. The van der Waals surface area contributed by atoms with Crippen LogP contribution in [0.25, 0.3) is 28.2 Å². The average molecular weight is 463 g/mol. The maximum absolute atomic E-state index is 4.67. The van der Waals surface area contributed by atoms with Crippen LogP contribution in [0.3, 0.4) is 0 Å². The van der Waals surface area contributed by atoms with Gasteiger partial charge in [-0.25, -0.2) is 15.0 Å². The van der Waals surface area contributed by atoms with E-state index < -0.39 is 0 Å². The smallest absolute Gasteiger partial charge is 0.180 e. The van der Waals surface area contributed by atoms with Gasteiger partial charge in [0.15, 0.2) is 11.5 Å². The van der Waals surface area contributed by atoms with Crippen LogP contribution in [0.5, 0.6) is 0 Å². The first kappa shape index (κ1) is 18.1. The minimum Gasteiger partial charge on any atom is -0.367 e. The third kappa shape index (κ3) is 3.31. The van der Waals surface area contributed by atoms with Crippen LogP contribution < -0.4 is 5.32 Å². The van der Waals surface area contributed by atoms with E-state index in [1.165, 1.54) is 32.1 Å². The minimum atomic E-state index is 0.635. The fraction of sp³-hybridized carbons (Fsp3) is 0.348. The van der Waals surface area contributed by atoms with Crippen molar-refractivity contribution in [3.05, 3.63) is 53.3 Å². The van der Waals surface area contributed by atoms with Gasteiger partial charge >= 0.3 is 0 Å². The lowest BCUT2D eigenvalue weighted by molar-refractivity contribution is 0.333. The van der Waals surface area contributed by atoms with E-state index in [1.807, 2.05) is 18.6 Å². The van der Waals surface area contributed by atoms with Crippen molar-refractivity contribution in [3.8, 4) is 22.5 Å². The standard InChI is InChI=1S/C23H23BrN6/c24-20-13-30-19(12-27-23(30)22(29-20)25-10-14-2-1-3-14)16-6-4-15(5-7-16)18-11-26-21(28-18)17-8-9-17/h4-7,11-14,17H,1-3,8-10H2,(H,25,29)(H,26,28). The molecular weight excluding hydrogens is 440 g/mol. The predicted molar refractivity (Wildman–Crippen MR) is 122 cm³/mol. The van der Waals surface area contributed by atoms with Crippen molar-refractivity contribution < 1.29 is 0 Å². The molecule has 3 heterocycles. The molecule has 2 aliphatic carbocycles. The highest BCUT2D eigenvalue weighted by atomic mass is 79.9.